The van der Waals surface area contributed by atoms with Gasteiger partial charge >= 0.3 is 0 Å². The van der Waals surface area contributed by atoms with E-state index in [1.807, 2.05) is 30.0 Å². The van der Waals surface area contributed by atoms with Crippen molar-refractivity contribution in [3.63, 3.8) is 0 Å². The monoisotopic (exact) mass is 329 g/mol. The van der Waals surface area contributed by atoms with Crippen LogP contribution in [0.4, 0.5) is 0 Å². The van der Waals surface area contributed by atoms with Gasteiger partial charge < -0.3 is 14.7 Å². The number of carbonyl (C=O) groups excluding carboxylic acids is 1. The number of ether oxygens (including phenoxy) is 1. The molecule has 1 heterocycles. The Labute approximate surface area is 143 Å². The molecule has 24 heavy (non-hydrogen) atoms. The van der Waals surface area contributed by atoms with Crippen molar-refractivity contribution >= 4 is 5.91 Å². The highest BCUT2D eigenvalue weighted by atomic mass is 16.5. The summed E-state index contributed by atoms with van der Waals surface area (Å²) in [7, 11) is 0. The molecule has 1 saturated heterocycles. The van der Waals surface area contributed by atoms with Crippen LogP contribution in [0.2, 0.25) is 0 Å². The number of piperidine rings is 1. The average molecular weight is 329 g/mol. The number of nitrogens with zero attached hydrogens (tertiary/aromatic N) is 1. The van der Waals surface area contributed by atoms with Crippen LogP contribution in [0.3, 0.4) is 0 Å². The molecule has 1 aliphatic heterocycles. The van der Waals surface area contributed by atoms with Gasteiger partial charge in [-0.3, -0.25) is 4.79 Å². The number of aliphatic hydroxyl groups excluding tert-OH is 1. The Morgan fingerprint density at radius 1 is 1.21 bits per heavy atom. The molecular weight excluding hydrogens is 302 g/mol. The van der Waals surface area contributed by atoms with Gasteiger partial charge in [0.05, 0.1) is 17.6 Å². The van der Waals surface area contributed by atoms with Gasteiger partial charge in [0.2, 0.25) is 5.91 Å². The normalized spacial score (nSPS) is 30.0. The summed E-state index contributed by atoms with van der Waals surface area (Å²) >= 11 is 0. The Bertz CT molecular complexity index is 601. The minimum Gasteiger partial charge on any atom is -0.392 e. The van der Waals surface area contributed by atoms with Crippen molar-refractivity contribution in [3.8, 4) is 0 Å². The van der Waals surface area contributed by atoms with Crippen molar-refractivity contribution in [3.05, 3.63) is 35.9 Å². The lowest BCUT2D eigenvalue weighted by Crippen LogP contribution is -2.63. The number of amides is 1. The van der Waals surface area contributed by atoms with E-state index in [4.69, 9.17) is 4.74 Å². The van der Waals surface area contributed by atoms with E-state index in [9.17, 15) is 9.90 Å². The molecule has 1 spiro atoms. The molecule has 0 unspecified atom stereocenters. The van der Waals surface area contributed by atoms with Crippen LogP contribution in [0.1, 0.15) is 44.6 Å². The van der Waals surface area contributed by atoms with Gasteiger partial charge in [0.1, 0.15) is 0 Å². The molecule has 0 bridgehead atoms. The van der Waals surface area contributed by atoms with Crippen molar-refractivity contribution in [1.82, 2.24) is 4.90 Å². The molecule has 1 aromatic carbocycles. The van der Waals surface area contributed by atoms with Crippen LogP contribution in [0, 0.1) is 5.41 Å². The highest BCUT2D eigenvalue weighted by Gasteiger charge is 2.58. The molecule has 2 saturated carbocycles. The van der Waals surface area contributed by atoms with E-state index >= 15 is 0 Å². The standard InChI is InChI=1S/C20H27NO3/c1-2-24-17-14-16(22)20(17)10-12-21(13-11-20)18(23)19(8-9-19)15-6-4-3-5-7-15/h3-7,16-17,22H,2,8-14H2,1H3/t16-,17+/m0/s1. The van der Waals surface area contributed by atoms with Gasteiger partial charge in [-0.25, -0.2) is 0 Å². The first-order valence-corrected chi connectivity index (χ1v) is 9.27. The minimum atomic E-state index is -0.274. The molecule has 1 N–H and O–H groups in total. The predicted octanol–water partition coefficient (Wildman–Crippen LogP) is 2.50. The van der Waals surface area contributed by atoms with Crippen LogP contribution in [0.25, 0.3) is 0 Å². The molecule has 3 aliphatic rings. The molecule has 4 nitrogen and oxygen atoms in total. The fourth-order valence-electron chi connectivity index (χ4n) is 4.75. The van der Waals surface area contributed by atoms with Crippen molar-refractivity contribution < 1.29 is 14.6 Å². The fourth-order valence-corrected chi connectivity index (χ4v) is 4.75. The third-order valence-electron chi connectivity index (χ3n) is 6.58. The first kappa shape index (κ1) is 16.1. The summed E-state index contributed by atoms with van der Waals surface area (Å²) in [4.78, 5) is 15.1. The molecule has 4 rings (SSSR count). The van der Waals surface area contributed by atoms with E-state index in [1.165, 1.54) is 0 Å². The van der Waals surface area contributed by atoms with Crippen molar-refractivity contribution in [2.75, 3.05) is 19.7 Å². The van der Waals surface area contributed by atoms with Crippen LogP contribution >= 0.6 is 0 Å². The Morgan fingerprint density at radius 2 is 1.88 bits per heavy atom. The Kier molecular flexibility index (Phi) is 3.92. The van der Waals surface area contributed by atoms with Gasteiger partial charge in [0.15, 0.2) is 0 Å². The quantitative estimate of drug-likeness (QED) is 0.923. The van der Waals surface area contributed by atoms with Crippen LogP contribution in [-0.4, -0.2) is 47.8 Å². The van der Waals surface area contributed by atoms with E-state index in [2.05, 4.69) is 12.1 Å². The lowest BCUT2D eigenvalue weighted by Gasteiger charge is -2.56. The minimum absolute atomic E-state index is 0.115. The van der Waals surface area contributed by atoms with Crippen LogP contribution in [0.5, 0.6) is 0 Å². The Balaban J connectivity index is 1.44. The summed E-state index contributed by atoms with van der Waals surface area (Å²) in [6.45, 7) is 4.19. The fraction of sp³-hybridized carbons (Fsp3) is 0.650. The van der Waals surface area contributed by atoms with Crippen molar-refractivity contribution in [2.45, 2.75) is 56.7 Å². The van der Waals surface area contributed by atoms with Gasteiger partial charge in [-0.15, -0.1) is 0 Å². The molecule has 1 aromatic rings. The van der Waals surface area contributed by atoms with Crippen LogP contribution in [0.15, 0.2) is 30.3 Å². The maximum absolute atomic E-state index is 13.1. The zero-order chi connectivity index (χ0) is 16.8. The maximum Gasteiger partial charge on any atom is 0.233 e. The molecule has 1 amide bonds. The molecule has 130 valence electrons. The van der Waals surface area contributed by atoms with E-state index < -0.39 is 0 Å². The zero-order valence-corrected chi connectivity index (χ0v) is 14.4. The highest BCUT2D eigenvalue weighted by Crippen LogP contribution is 2.53. The first-order valence-electron chi connectivity index (χ1n) is 9.27. The lowest BCUT2D eigenvalue weighted by molar-refractivity contribution is -0.210. The molecule has 2 aliphatic carbocycles. The number of likely N-dealkylation sites (tertiary alicyclic amines) is 1. The summed E-state index contributed by atoms with van der Waals surface area (Å²) in [5.41, 5.74) is 0.769. The van der Waals surface area contributed by atoms with E-state index in [-0.39, 0.29) is 28.9 Å². The predicted molar refractivity (Wildman–Crippen MR) is 91.6 cm³/mol. The second kappa shape index (κ2) is 5.85. The SMILES string of the molecule is CCO[C@@H]1C[C@H](O)C12CCN(C(=O)C1(c3ccccc3)CC1)CC2. The van der Waals surface area contributed by atoms with Crippen molar-refractivity contribution in [2.24, 2.45) is 5.41 Å². The van der Waals surface area contributed by atoms with Crippen LogP contribution < -0.4 is 0 Å². The summed E-state index contributed by atoms with van der Waals surface area (Å²) in [6.07, 6.45) is 4.28. The topological polar surface area (TPSA) is 49.8 Å². The Hall–Kier alpha value is -1.39. The summed E-state index contributed by atoms with van der Waals surface area (Å²) in [5, 5.41) is 10.3. The third-order valence-corrected chi connectivity index (χ3v) is 6.58. The smallest absolute Gasteiger partial charge is 0.233 e. The largest absolute Gasteiger partial charge is 0.392 e. The Morgan fingerprint density at radius 3 is 2.42 bits per heavy atom. The molecule has 0 aromatic heterocycles. The second-order valence-electron chi connectivity index (χ2n) is 7.67. The van der Waals surface area contributed by atoms with Gasteiger partial charge in [-0.05, 0) is 38.2 Å². The molecule has 4 heteroatoms. The van der Waals surface area contributed by atoms with Gasteiger partial charge in [0.25, 0.3) is 0 Å². The molecular formula is C20H27NO3. The van der Waals surface area contributed by atoms with E-state index in [0.717, 1.165) is 50.8 Å². The summed E-state index contributed by atoms with van der Waals surface area (Å²) in [5.74, 6) is 0.283. The summed E-state index contributed by atoms with van der Waals surface area (Å²) in [6, 6.07) is 10.2. The maximum atomic E-state index is 13.1. The van der Waals surface area contributed by atoms with Crippen molar-refractivity contribution in [1.29, 1.82) is 0 Å². The number of hydrogen-bond donors (Lipinski definition) is 1. The number of benzene rings is 1. The molecule has 3 fully saturated rings. The molecule has 2 atom stereocenters. The number of hydrogen-bond acceptors (Lipinski definition) is 3. The van der Waals surface area contributed by atoms with E-state index in [0.29, 0.717) is 6.61 Å². The first-order chi connectivity index (χ1) is 11.6. The second-order valence-corrected chi connectivity index (χ2v) is 7.67. The summed E-state index contributed by atoms with van der Waals surface area (Å²) < 4.78 is 5.82. The van der Waals surface area contributed by atoms with Crippen LogP contribution in [-0.2, 0) is 14.9 Å². The average Bonchev–Trinajstić information content (AvgIpc) is 3.44. The molecule has 0 radical (unpaired) electrons. The highest BCUT2D eigenvalue weighted by molar-refractivity contribution is 5.91. The third kappa shape index (κ3) is 2.31. The van der Waals surface area contributed by atoms with E-state index in [1.54, 1.807) is 0 Å². The van der Waals surface area contributed by atoms with Gasteiger partial charge in [-0.2, -0.15) is 0 Å². The lowest BCUT2D eigenvalue weighted by atomic mass is 9.58. The number of rotatable bonds is 4. The van der Waals surface area contributed by atoms with Gasteiger partial charge in [0, 0.05) is 31.5 Å². The number of carbonyl (C=O) groups is 1. The number of aliphatic hydroxyl groups is 1. The zero-order valence-electron chi connectivity index (χ0n) is 14.4. The van der Waals surface area contributed by atoms with Gasteiger partial charge in [-0.1, -0.05) is 30.3 Å².